The van der Waals surface area contributed by atoms with Gasteiger partial charge in [-0.3, -0.25) is 14.3 Å². The van der Waals surface area contributed by atoms with Crippen molar-refractivity contribution >= 4 is 0 Å². The van der Waals surface area contributed by atoms with Gasteiger partial charge in [-0.2, -0.15) is 0 Å². The van der Waals surface area contributed by atoms with Crippen LogP contribution in [0, 0.1) is 6.92 Å². The minimum atomic E-state index is -0.502. The van der Waals surface area contributed by atoms with Gasteiger partial charge in [-0.15, -0.1) is 10.2 Å². The molecule has 2 rings (SSSR count). The highest BCUT2D eigenvalue weighted by Gasteiger charge is 2.04. The summed E-state index contributed by atoms with van der Waals surface area (Å²) < 4.78 is 6.37. The minimum Gasteiger partial charge on any atom is -0.424 e. The number of aromatic nitrogens is 4. The number of hydrogen-bond acceptors (Lipinski definition) is 5. The van der Waals surface area contributed by atoms with E-state index in [2.05, 4.69) is 15.2 Å². The van der Waals surface area contributed by atoms with Crippen molar-refractivity contribution in [3.8, 4) is 0 Å². The highest BCUT2D eigenvalue weighted by molar-refractivity contribution is 4.87. The molecule has 0 aliphatic carbocycles. The van der Waals surface area contributed by atoms with Crippen LogP contribution in [0.15, 0.2) is 26.3 Å². The molecule has 2 aromatic rings. The van der Waals surface area contributed by atoms with Crippen LogP contribution < -0.4 is 11.2 Å². The number of H-pyrrole nitrogens is 1. The second-order valence-corrected chi connectivity index (χ2v) is 2.95. The number of nitrogens with zero attached hydrogens (tertiary/aromatic N) is 3. The zero-order chi connectivity index (χ0) is 10.8. The molecule has 0 radical (unpaired) electrons. The molecule has 0 amide bonds. The lowest BCUT2D eigenvalue weighted by Crippen LogP contribution is -2.28. The fourth-order valence-electron chi connectivity index (χ4n) is 1.12. The van der Waals surface area contributed by atoms with Gasteiger partial charge in [0.25, 0.3) is 5.56 Å². The Morgan fingerprint density at radius 2 is 2.27 bits per heavy atom. The summed E-state index contributed by atoms with van der Waals surface area (Å²) in [5.74, 6) is 0.754. The predicted molar refractivity (Wildman–Crippen MR) is 49.5 cm³/mol. The maximum absolute atomic E-state index is 11.3. The van der Waals surface area contributed by atoms with Crippen LogP contribution in [0.3, 0.4) is 0 Å². The molecule has 7 nitrogen and oxygen atoms in total. The Morgan fingerprint density at radius 1 is 1.47 bits per heavy atom. The Bertz CT molecular complexity index is 580. The second-order valence-electron chi connectivity index (χ2n) is 2.95. The van der Waals surface area contributed by atoms with Gasteiger partial charge in [-0.1, -0.05) is 0 Å². The standard InChI is InChI=1S/C8H8N4O3/c1-5-10-11-7(15-5)4-12-3-2-6(13)9-8(12)14/h2-3H,4H2,1H3,(H,9,13,14). The summed E-state index contributed by atoms with van der Waals surface area (Å²) in [6.45, 7) is 1.81. The summed E-state index contributed by atoms with van der Waals surface area (Å²) in [7, 11) is 0. The molecule has 15 heavy (non-hydrogen) atoms. The van der Waals surface area contributed by atoms with E-state index in [1.807, 2.05) is 0 Å². The van der Waals surface area contributed by atoms with E-state index in [9.17, 15) is 9.59 Å². The average Bonchev–Trinajstić information content (AvgIpc) is 2.56. The molecule has 0 bridgehead atoms. The van der Waals surface area contributed by atoms with Crippen LogP contribution in [0.4, 0.5) is 0 Å². The number of nitrogens with one attached hydrogen (secondary N) is 1. The van der Waals surface area contributed by atoms with E-state index in [1.54, 1.807) is 6.92 Å². The molecule has 0 saturated heterocycles. The van der Waals surface area contributed by atoms with Crippen LogP contribution in [0.1, 0.15) is 11.8 Å². The van der Waals surface area contributed by atoms with E-state index in [4.69, 9.17) is 4.42 Å². The van der Waals surface area contributed by atoms with Gasteiger partial charge in [0.2, 0.25) is 11.8 Å². The Labute approximate surface area is 83.4 Å². The van der Waals surface area contributed by atoms with Gasteiger partial charge < -0.3 is 4.42 Å². The molecule has 0 atom stereocenters. The van der Waals surface area contributed by atoms with E-state index in [0.29, 0.717) is 11.8 Å². The summed E-state index contributed by atoms with van der Waals surface area (Å²) in [5, 5.41) is 7.36. The summed E-state index contributed by atoms with van der Waals surface area (Å²) >= 11 is 0. The lowest BCUT2D eigenvalue weighted by molar-refractivity contribution is 0.449. The van der Waals surface area contributed by atoms with Crippen molar-refractivity contribution in [3.63, 3.8) is 0 Å². The predicted octanol–water partition coefficient (Wildman–Crippen LogP) is -0.724. The van der Waals surface area contributed by atoms with Crippen LogP contribution in [0.2, 0.25) is 0 Å². The minimum absolute atomic E-state index is 0.149. The quantitative estimate of drug-likeness (QED) is 0.702. The van der Waals surface area contributed by atoms with Crippen LogP contribution in [0.25, 0.3) is 0 Å². The Kier molecular flexibility index (Phi) is 2.20. The normalized spacial score (nSPS) is 10.5. The van der Waals surface area contributed by atoms with Crippen molar-refractivity contribution in [3.05, 3.63) is 44.9 Å². The SMILES string of the molecule is Cc1nnc(Cn2ccc(=O)[nH]c2=O)o1. The maximum Gasteiger partial charge on any atom is 0.328 e. The maximum atomic E-state index is 11.3. The first kappa shape index (κ1) is 9.38. The largest absolute Gasteiger partial charge is 0.424 e. The van der Waals surface area contributed by atoms with Gasteiger partial charge in [0.1, 0.15) is 6.54 Å². The number of aromatic amines is 1. The summed E-state index contributed by atoms with van der Waals surface area (Å²) in [4.78, 5) is 24.2. The molecular formula is C8H8N4O3. The first-order chi connectivity index (χ1) is 7.15. The molecule has 2 heterocycles. The van der Waals surface area contributed by atoms with E-state index in [-0.39, 0.29) is 6.54 Å². The Morgan fingerprint density at radius 3 is 2.87 bits per heavy atom. The van der Waals surface area contributed by atoms with Crippen molar-refractivity contribution in [2.45, 2.75) is 13.5 Å². The lowest BCUT2D eigenvalue weighted by atomic mass is 10.5. The summed E-state index contributed by atoms with van der Waals surface area (Å²) in [5.41, 5.74) is -0.934. The fourth-order valence-corrected chi connectivity index (χ4v) is 1.12. The van der Waals surface area contributed by atoms with Crippen molar-refractivity contribution in [2.24, 2.45) is 0 Å². The fraction of sp³-hybridized carbons (Fsp3) is 0.250. The third kappa shape index (κ3) is 2.01. The van der Waals surface area contributed by atoms with Crippen molar-refractivity contribution < 1.29 is 4.42 Å². The van der Waals surface area contributed by atoms with Gasteiger partial charge in [0.05, 0.1) is 0 Å². The molecule has 78 valence electrons. The number of rotatable bonds is 2. The molecule has 0 aliphatic heterocycles. The number of aryl methyl sites for hydroxylation is 1. The third-order valence-electron chi connectivity index (χ3n) is 1.77. The topological polar surface area (TPSA) is 93.8 Å². The molecule has 0 spiro atoms. The van der Waals surface area contributed by atoms with Crippen LogP contribution >= 0.6 is 0 Å². The van der Waals surface area contributed by atoms with E-state index in [0.717, 1.165) is 0 Å². The first-order valence-corrected chi connectivity index (χ1v) is 4.24. The molecule has 1 N–H and O–H groups in total. The molecule has 0 saturated carbocycles. The van der Waals surface area contributed by atoms with Crippen molar-refractivity contribution in [2.75, 3.05) is 0 Å². The Hall–Kier alpha value is -2.18. The number of hydrogen-bond donors (Lipinski definition) is 1. The molecule has 7 heteroatoms. The Balaban J connectivity index is 2.32. The average molecular weight is 208 g/mol. The van der Waals surface area contributed by atoms with Gasteiger partial charge >= 0.3 is 5.69 Å². The summed E-state index contributed by atoms with van der Waals surface area (Å²) in [6, 6.07) is 1.25. The first-order valence-electron chi connectivity index (χ1n) is 4.24. The van der Waals surface area contributed by atoms with Crippen LogP contribution in [-0.2, 0) is 6.54 Å². The lowest BCUT2D eigenvalue weighted by Gasteiger charge is -1.98. The molecule has 0 unspecified atom stereocenters. The van der Waals surface area contributed by atoms with Crippen LogP contribution in [0.5, 0.6) is 0 Å². The molecular weight excluding hydrogens is 200 g/mol. The van der Waals surface area contributed by atoms with Crippen molar-refractivity contribution in [1.82, 2.24) is 19.7 Å². The molecule has 0 aliphatic rings. The van der Waals surface area contributed by atoms with Gasteiger partial charge in [-0.05, 0) is 0 Å². The van der Waals surface area contributed by atoms with Crippen molar-refractivity contribution in [1.29, 1.82) is 0 Å². The van der Waals surface area contributed by atoms with Gasteiger partial charge in [-0.25, -0.2) is 4.79 Å². The third-order valence-corrected chi connectivity index (χ3v) is 1.77. The zero-order valence-corrected chi connectivity index (χ0v) is 7.93. The van der Waals surface area contributed by atoms with E-state index < -0.39 is 11.2 Å². The van der Waals surface area contributed by atoms with Gasteiger partial charge in [0.15, 0.2) is 0 Å². The van der Waals surface area contributed by atoms with Gasteiger partial charge in [0, 0.05) is 19.2 Å². The summed E-state index contributed by atoms with van der Waals surface area (Å²) in [6.07, 6.45) is 1.38. The van der Waals surface area contributed by atoms with Crippen LogP contribution in [-0.4, -0.2) is 19.7 Å². The van der Waals surface area contributed by atoms with E-state index >= 15 is 0 Å². The smallest absolute Gasteiger partial charge is 0.328 e. The highest BCUT2D eigenvalue weighted by Crippen LogP contribution is 1.98. The zero-order valence-electron chi connectivity index (χ0n) is 7.93. The van der Waals surface area contributed by atoms with E-state index in [1.165, 1.54) is 16.8 Å². The highest BCUT2D eigenvalue weighted by atomic mass is 16.4. The molecule has 0 fully saturated rings. The molecule has 2 aromatic heterocycles. The molecule has 0 aromatic carbocycles. The second kappa shape index (κ2) is 3.52. The monoisotopic (exact) mass is 208 g/mol.